The number of nitrogens with zero attached hydrogens (tertiary/aromatic N) is 2. The number of carbonyl (C=O) groups is 1. The van der Waals surface area contributed by atoms with Crippen molar-refractivity contribution in [1.29, 1.82) is 0 Å². The third kappa shape index (κ3) is 9.55. The number of benzene rings is 2. The molecule has 244 valence electrons. The first kappa shape index (κ1) is 34.0. The number of anilines is 1. The van der Waals surface area contributed by atoms with Crippen LogP contribution in [0.2, 0.25) is 0 Å². The number of aliphatic hydroxyl groups is 1. The van der Waals surface area contributed by atoms with Crippen LogP contribution in [0.25, 0.3) is 0 Å². The van der Waals surface area contributed by atoms with Gasteiger partial charge < -0.3 is 43.3 Å². The molecule has 2 aliphatic heterocycles. The zero-order valence-corrected chi connectivity index (χ0v) is 27.0. The molecule has 4 rings (SSSR count). The zero-order valence-electron chi connectivity index (χ0n) is 27.0. The first-order chi connectivity index (χ1) is 21.2. The Morgan fingerprint density at radius 3 is 2.43 bits per heavy atom. The molecule has 2 heterocycles. The first-order valence-corrected chi connectivity index (χ1v) is 15.6. The van der Waals surface area contributed by atoms with Crippen LogP contribution in [0.5, 0.6) is 5.75 Å². The number of rotatable bonds is 14. The van der Waals surface area contributed by atoms with Crippen LogP contribution in [0.4, 0.5) is 10.5 Å². The van der Waals surface area contributed by atoms with Crippen molar-refractivity contribution in [2.45, 2.75) is 58.0 Å². The van der Waals surface area contributed by atoms with Crippen molar-refractivity contribution < 1.29 is 38.3 Å². The number of carbonyl (C=O) groups excluding carboxylic acids is 1. The predicted molar refractivity (Wildman–Crippen MR) is 168 cm³/mol. The van der Waals surface area contributed by atoms with Crippen molar-refractivity contribution in [3.05, 3.63) is 59.2 Å². The summed E-state index contributed by atoms with van der Waals surface area (Å²) >= 11 is 0. The van der Waals surface area contributed by atoms with E-state index in [1.165, 1.54) is 0 Å². The number of methoxy groups -OCH3 is 2. The molecule has 1 amide bonds. The maximum absolute atomic E-state index is 13.1. The second-order valence-corrected chi connectivity index (χ2v) is 12.5. The average Bonchev–Trinajstić information content (AvgIpc) is 3.01. The molecule has 2 aromatic rings. The van der Waals surface area contributed by atoms with E-state index in [-0.39, 0.29) is 24.5 Å². The Morgan fingerprint density at radius 2 is 1.73 bits per heavy atom. The van der Waals surface area contributed by atoms with Gasteiger partial charge in [0.25, 0.3) is 0 Å². The second-order valence-electron chi connectivity index (χ2n) is 12.5. The number of ether oxygens (including phenoxy) is 6. The van der Waals surface area contributed by atoms with Gasteiger partial charge in [0.2, 0.25) is 0 Å². The van der Waals surface area contributed by atoms with Crippen LogP contribution in [-0.2, 0) is 36.9 Å². The minimum Gasteiger partial charge on any atom is -0.490 e. The van der Waals surface area contributed by atoms with E-state index in [1.807, 2.05) is 32.9 Å². The molecule has 3 atom stereocenters. The average molecular weight is 615 g/mol. The minimum atomic E-state index is -0.625. The highest BCUT2D eigenvalue weighted by Gasteiger charge is 2.41. The number of likely N-dealkylation sites (tertiary alicyclic amines) is 1. The smallest absolute Gasteiger partial charge is 0.410 e. The number of aliphatic hydroxyl groups excluding tert-OH is 1. The van der Waals surface area contributed by atoms with E-state index in [0.717, 1.165) is 47.6 Å². The summed E-state index contributed by atoms with van der Waals surface area (Å²) in [6.45, 7) is 11.2. The van der Waals surface area contributed by atoms with Crippen molar-refractivity contribution in [3.8, 4) is 5.75 Å². The molecule has 0 saturated carbocycles. The molecule has 10 heteroatoms. The van der Waals surface area contributed by atoms with Crippen LogP contribution in [0.3, 0.4) is 0 Å². The maximum atomic E-state index is 13.1. The Labute approximate surface area is 262 Å². The molecule has 44 heavy (non-hydrogen) atoms. The molecule has 2 aromatic carbocycles. The summed E-state index contributed by atoms with van der Waals surface area (Å²) in [7, 11) is 3.38. The summed E-state index contributed by atoms with van der Waals surface area (Å²) in [4.78, 5) is 17.2. The van der Waals surface area contributed by atoms with Gasteiger partial charge in [0.1, 0.15) is 18.0 Å². The topological polar surface area (TPSA) is 99.2 Å². The van der Waals surface area contributed by atoms with Crippen LogP contribution in [0, 0.1) is 5.92 Å². The Kier molecular flexibility index (Phi) is 12.7. The molecule has 1 saturated heterocycles. The molecular formula is C34H50N2O8. The van der Waals surface area contributed by atoms with Gasteiger partial charge in [-0.2, -0.15) is 0 Å². The monoisotopic (exact) mass is 614 g/mol. The molecular weight excluding hydrogens is 564 g/mol. The number of hydrogen-bond donors (Lipinski definition) is 1. The normalized spacial score (nSPS) is 20.3. The van der Waals surface area contributed by atoms with E-state index in [4.69, 9.17) is 28.4 Å². The first-order valence-electron chi connectivity index (χ1n) is 15.6. The van der Waals surface area contributed by atoms with Gasteiger partial charge in [0.05, 0.1) is 51.3 Å². The van der Waals surface area contributed by atoms with Crippen molar-refractivity contribution in [3.63, 3.8) is 0 Å². The largest absolute Gasteiger partial charge is 0.490 e. The van der Waals surface area contributed by atoms with E-state index in [1.54, 1.807) is 19.1 Å². The third-order valence-electron chi connectivity index (χ3n) is 7.94. The Bertz CT molecular complexity index is 1170. The van der Waals surface area contributed by atoms with Gasteiger partial charge in [-0.25, -0.2) is 4.79 Å². The van der Waals surface area contributed by atoms with Crippen LogP contribution >= 0.6 is 0 Å². The molecule has 1 fully saturated rings. The van der Waals surface area contributed by atoms with Crippen molar-refractivity contribution in [2.75, 3.05) is 78.3 Å². The predicted octanol–water partition coefficient (Wildman–Crippen LogP) is 4.61. The lowest BCUT2D eigenvalue weighted by Crippen LogP contribution is -2.53. The van der Waals surface area contributed by atoms with Gasteiger partial charge in [-0.05, 0) is 56.0 Å². The van der Waals surface area contributed by atoms with Crippen LogP contribution < -0.4 is 9.64 Å². The molecule has 0 radical (unpaired) electrons. The molecule has 10 nitrogen and oxygen atoms in total. The highest BCUT2D eigenvalue weighted by molar-refractivity contribution is 5.68. The fraction of sp³-hybridized carbons (Fsp3) is 0.618. The lowest BCUT2D eigenvalue weighted by molar-refractivity contribution is -0.0600. The van der Waals surface area contributed by atoms with E-state index in [0.29, 0.717) is 52.7 Å². The standard InChI is InChI=1S/C34H50N2O8/c1-34(2,3)44-33(38)36-20-28(22-37)32(27-10-7-25(8-11-27)23-41-18-17-40-5)31(21-36)43-24-26-9-12-30-29(19-26)35(14-16-42-30)13-6-15-39-4/h7-12,19,28,31-32,37H,6,13-18,20-24H2,1-5H3/t28-,31-,32-/m0/s1. The summed E-state index contributed by atoms with van der Waals surface area (Å²) in [5, 5.41) is 10.5. The Balaban J connectivity index is 1.53. The summed E-state index contributed by atoms with van der Waals surface area (Å²) in [5.41, 5.74) is 3.56. The van der Waals surface area contributed by atoms with E-state index in [9.17, 15) is 9.90 Å². The van der Waals surface area contributed by atoms with Crippen molar-refractivity contribution in [1.82, 2.24) is 4.90 Å². The fourth-order valence-corrected chi connectivity index (χ4v) is 5.81. The summed E-state index contributed by atoms with van der Waals surface area (Å²) in [6, 6.07) is 14.4. The number of hydrogen-bond acceptors (Lipinski definition) is 9. The highest BCUT2D eigenvalue weighted by atomic mass is 16.6. The molecule has 1 N–H and O–H groups in total. The summed E-state index contributed by atoms with van der Waals surface area (Å²) < 4.78 is 34.3. The minimum absolute atomic E-state index is 0.0850. The quantitative estimate of drug-likeness (QED) is 0.306. The zero-order chi connectivity index (χ0) is 31.5. The second kappa shape index (κ2) is 16.4. The lowest BCUT2D eigenvalue weighted by atomic mass is 9.78. The van der Waals surface area contributed by atoms with E-state index < -0.39 is 11.7 Å². The molecule has 0 bridgehead atoms. The van der Waals surface area contributed by atoms with Gasteiger partial charge >= 0.3 is 6.09 Å². The molecule has 0 unspecified atom stereocenters. The van der Waals surface area contributed by atoms with Gasteiger partial charge in [-0.1, -0.05) is 30.3 Å². The number of fused-ring (bicyclic) bond motifs is 1. The SMILES string of the molecule is COCCCN1CCOc2ccc(CO[C@H]3CN(C(=O)OC(C)(C)C)C[C@@H](CO)[C@@H]3c3ccc(COCCOC)cc3)cc21. The molecule has 0 spiro atoms. The number of piperidine rings is 1. The molecule has 0 aliphatic carbocycles. The van der Waals surface area contributed by atoms with Gasteiger partial charge in [0, 0.05) is 52.4 Å². The lowest BCUT2D eigenvalue weighted by Gasteiger charge is -2.43. The molecule has 2 aliphatic rings. The van der Waals surface area contributed by atoms with Gasteiger partial charge in [0.15, 0.2) is 0 Å². The van der Waals surface area contributed by atoms with Gasteiger partial charge in [-0.15, -0.1) is 0 Å². The van der Waals surface area contributed by atoms with Crippen LogP contribution in [0.1, 0.15) is 49.8 Å². The Morgan fingerprint density at radius 1 is 0.977 bits per heavy atom. The van der Waals surface area contributed by atoms with E-state index >= 15 is 0 Å². The van der Waals surface area contributed by atoms with Crippen molar-refractivity contribution >= 4 is 11.8 Å². The van der Waals surface area contributed by atoms with Gasteiger partial charge in [-0.3, -0.25) is 0 Å². The van der Waals surface area contributed by atoms with Crippen LogP contribution in [-0.4, -0.2) is 101 Å². The Hall–Kier alpha value is -2.89. The summed E-state index contributed by atoms with van der Waals surface area (Å²) in [6.07, 6.45) is 0.174. The number of amides is 1. The third-order valence-corrected chi connectivity index (χ3v) is 7.94. The van der Waals surface area contributed by atoms with Crippen molar-refractivity contribution in [2.24, 2.45) is 5.92 Å². The highest BCUT2D eigenvalue weighted by Crippen LogP contribution is 2.37. The van der Waals surface area contributed by atoms with Crippen LogP contribution in [0.15, 0.2) is 42.5 Å². The molecule has 0 aromatic heterocycles. The van der Waals surface area contributed by atoms with E-state index in [2.05, 4.69) is 35.2 Å². The fourth-order valence-electron chi connectivity index (χ4n) is 5.81. The summed E-state index contributed by atoms with van der Waals surface area (Å²) in [5.74, 6) is 0.530. The maximum Gasteiger partial charge on any atom is 0.410 e.